The fourth-order valence-electron chi connectivity index (χ4n) is 2.02. The quantitative estimate of drug-likeness (QED) is 0.803. The molecule has 1 amide bonds. The summed E-state index contributed by atoms with van der Waals surface area (Å²) in [4.78, 5) is 15.3. The van der Waals surface area contributed by atoms with Crippen molar-refractivity contribution in [2.45, 2.75) is 6.92 Å². The lowest BCUT2D eigenvalue weighted by Gasteiger charge is -2.02. The van der Waals surface area contributed by atoms with Gasteiger partial charge in [-0.2, -0.15) is 4.98 Å². The lowest BCUT2D eigenvalue weighted by molar-refractivity contribution is -0.114. The van der Waals surface area contributed by atoms with Crippen molar-refractivity contribution in [3.63, 3.8) is 0 Å². The smallest absolute Gasteiger partial charge is 0.261 e. The zero-order valence-corrected chi connectivity index (χ0v) is 11.7. The number of benzene rings is 2. The van der Waals surface area contributed by atoms with Crippen LogP contribution in [0.2, 0.25) is 0 Å². The van der Waals surface area contributed by atoms with E-state index in [0.29, 0.717) is 17.1 Å². The molecular weight excluding hydrogens is 285 g/mol. The molecule has 0 spiro atoms. The van der Waals surface area contributed by atoms with Crippen LogP contribution in [0.4, 0.5) is 10.1 Å². The molecule has 1 heterocycles. The Morgan fingerprint density at radius 1 is 1.18 bits per heavy atom. The van der Waals surface area contributed by atoms with Crippen LogP contribution in [0.25, 0.3) is 22.8 Å². The van der Waals surface area contributed by atoms with E-state index in [1.807, 2.05) is 0 Å². The van der Waals surface area contributed by atoms with Gasteiger partial charge in [-0.1, -0.05) is 29.4 Å². The molecule has 0 atom stereocenters. The van der Waals surface area contributed by atoms with E-state index in [4.69, 9.17) is 4.52 Å². The van der Waals surface area contributed by atoms with E-state index in [1.54, 1.807) is 42.5 Å². The lowest BCUT2D eigenvalue weighted by Crippen LogP contribution is -2.05. The predicted molar refractivity (Wildman–Crippen MR) is 79.4 cm³/mol. The predicted octanol–water partition coefficient (Wildman–Crippen LogP) is 3.50. The topological polar surface area (TPSA) is 68.0 Å². The molecule has 3 aromatic rings. The molecule has 5 nitrogen and oxygen atoms in total. The first kappa shape index (κ1) is 13.9. The highest BCUT2D eigenvalue weighted by atomic mass is 19.1. The molecule has 0 aliphatic heterocycles. The van der Waals surface area contributed by atoms with Crippen molar-refractivity contribution in [3.05, 3.63) is 54.3 Å². The van der Waals surface area contributed by atoms with Gasteiger partial charge in [-0.3, -0.25) is 4.79 Å². The molecule has 0 saturated heterocycles. The second kappa shape index (κ2) is 5.77. The van der Waals surface area contributed by atoms with Gasteiger partial charge in [0.25, 0.3) is 5.89 Å². The van der Waals surface area contributed by atoms with Gasteiger partial charge in [-0.15, -0.1) is 0 Å². The highest BCUT2D eigenvalue weighted by Gasteiger charge is 2.14. The molecule has 22 heavy (non-hydrogen) atoms. The third-order valence-corrected chi connectivity index (χ3v) is 2.97. The molecule has 6 heteroatoms. The van der Waals surface area contributed by atoms with Crippen molar-refractivity contribution in [2.75, 3.05) is 5.32 Å². The largest absolute Gasteiger partial charge is 0.334 e. The van der Waals surface area contributed by atoms with Crippen molar-refractivity contribution in [1.29, 1.82) is 0 Å². The van der Waals surface area contributed by atoms with Crippen LogP contribution in [0.5, 0.6) is 0 Å². The molecule has 0 radical (unpaired) electrons. The zero-order valence-electron chi connectivity index (χ0n) is 11.7. The van der Waals surface area contributed by atoms with Crippen LogP contribution in [0.1, 0.15) is 6.92 Å². The lowest BCUT2D eigenvalue weighted by atomic mass is 10.2. The Bertz CT molecular complexity index is 830. The van der Waals surface area contributed by atoms with Crippen LogP contribution in [-0.2, 0) is 4.79 Å². The molecule has 1 N–H and O–H groups in total. The molecule has 3 rings (SSSR count). The number of carbonyl (C=O) groups is 1. The van der Waals surface area contributed by atoms with Crippen molar-refractivity contribution >= 4 is 11.6 Å². The molecule has 0 saturated carbocycles. The SMILES string of the molecule is CC(=O)Nc1cccc(-c2noc(-c3ccccc3F)n2)c1. The number of rotatable bonds is 3. The van der Waals surface area contributed by atoms with Gasteiger partial charge in [0, 0.05) is 18.2 Å². The molecule has 0 fully saturated rings. The minimum Gasteiger partial charge on any atom is -0.334 e. The Labute approximate surface area is 125 Å². The highest BCUT2D eigenvalue weighted by Crippen LogP contribution is 2.25. The van der Waals surface area contributed by atoms with Crippen LogP contribution in [-0.4, -0.2) is 16.0 Å². The number of carbonyl (C=O) groups excluding carboxylic acids is 1. The first-order valence-electron chi connectivity index (χ1n) is 6.60. The minimum absolute atomic E-state index is 0.109. The van der Waals surface area contributed by atoms with Crippen molar-refractivity contribution in [3.8, 4) is 22.8 Å². The number of amides is 1. The Kier molecular flexibility index (Phi) is 3.65. The van der Waals surface area contributed by atoms with Gasteiger partial charge in [0.1, 0.15) is 5.82 Å². The van der Waals surface area contributed by atoms with E-state index in [9.17, 15) is 9.18 Å². The third kappa shape index (κ3) is 2.85. The van der Waals surface area contributed by atoms with Crippen LogP contribution in [0.3, 0.4) is 0 Å². The minimum atomic E-state index is -0.426. The van der Waals surface area contributed by atoms with Crippen LogP contribution in [0.15, 0.2) is 53.1 Å². The van der Waals surface area contributed by atoms with E-state index in [2.05, 4.69) is 15.5 Å². The van der Waals surface area contributed by atoms with Crippen LogP contribution in [0, 0.1) is 5.82 Å². The fraction of sp³-hybridized carbons (Fsp3) is 0.0625. The van der Waals surface area contributed by atoms with Gasteiger partial charge < -0.3 is 9.84 Å². The normalized spacial score (nSPS) is 10.5. The van der Waals surface area contributed by atoms with Gasteiger partial charge in [-0.25, -0.2) is 4.39 Å². The fourth-order valence-corrected chi connectivity index (χ4v) is 2.02. The summed E-state index contributed by atoms with van der Waals surface area (Å²) >= 11 is 0. The molecule has 0 aliphatic rings. The van der Waals surface area contributed by atoms with Gasteiger partial charge in [0.05, 0.1) is 5.56 Å². The van der Waals surface area contributed by atoms with Gasteiger partial charge in [0.2, 0.25) is 11.7 Å². The molecule has 0 bridgehead atoms. The molecule has 1 aromatic heterocycles. The van der Waals surface area contributed by atoms with Crippen molar-refractivity contribution in [1.82, 2.24) is 10.1 Å². The van der Waals surface area contributed by atoms with Crippen LogP contribution < -0.4 is 5.32 Å². The molecule has 0 unspecified atom stereocenters. The molecule has 2 aromatic carbocycles. The van der Waals surface area contributed by atoms with Gasteiger partial charge >= 0.3 is 0 Å². The summed E-state index contributed by atoms with van der Waals surface area (Å²) < 4.78 is 18.8. The number of nitrogens with one attached hydrogen (secondary N) is 1. The number of hydrogen-bond donors (Lipinski definition) is 1. The van der Waals surface area contributed by atoms with E-state index < -0.39 is 5.82 Å². The Hall–Kier alpha value is -3.02. The third-order valence-electron chi connectivity index (χ3n) is 2.97. The van der Waals surface area contributed by atoms with Gasteiger partial charge in [-0.05, 0) is 24.3 Å². The summed E-state index contributed by atoms with van der Waals surface area (Å²) in [5.41, 5.74) is 1.54. The average molecular weight is 297 g/mol. The number of anilines is 1. The highest BCUT2D eigenvalue weighted by molar-refractivity contribution is 5.89. The van der Waals surface area contributed by atoms with E-state index in [-0.39, 0.29) is 17.4 Å². The maximum atomic E-state index is 13.7. The maximum absolute atomic E-state index is 13.7. The second-order valence-electron chi connectivity index (χ2n) is 4.66. The first-order valence-corrected chi connectivity index (χ1v) is 6.60. The summed E-state index contributed by atoms with van der Waals surface area (Å²) in [7, 11) is 0. The summed E-state index contributed by atoms with van der Waals surface area (Å²) in [6.07, 6.45) is 0. The second-order valence-corrected chi connectivity index (χ2v) is 4.66. The molecule has 110 valence electrons. The standard InChI is InChI=1S/C16H12FN3O2/c1-10(21)18-12-6-4-5-11(9-12)15-19-16(22-20-15)13-7-2-3-8-14(13)17/h2-9H,1H3,(H,18,21). The van der Waals surface area contributed by atoms with E-state index >= 15 is 0 Å². The zero-order chi connectivity index (χ0) is 15.5. The summed E-state index contributed by atoms with van der Waals surface area (Å²) in [5, 5.41) is 6.54. The maximum Gasteiger partial charge on any atom is 0.261 e. The first-order chi connectivity index (χ1) is 10.6. The summed E-state index contributed by atoms with van der Waals surface area (Å²) in [6, 6.07) is 13.2. The number of hydrogen-bond acceptors (Lipinski definition) is 4. The summed E-state index contributed by atoms with van der Waals surface area (Å²) in [5.74, 6) is -0.162. The Balaban J connectivity index is 1.94. The van der Waals surface area contributed by atoms with Crippen LogP contribution >= 0.6 is 0 Å². The van der Waals surface area contributed by atoms with Crippen molar-refractivity contribution in [2.24, 2.45) is 0 Å². The van der Waals surface area contributed by atoms with E-state index in [1.165, 1.54) is 13.0 Å². The summed E-state index contributed by atoms with van der Waals surface area (Å²) in [6.45, 7) is 1.43. The molecule has 0 aliphatic carbocycles. The Morgan fingerprint density at radius 2 is 2.00 bits per heavy atom. The number of nitrogens with zero attached hydrogens (tertiary/aromatic N) is 2. The van der Waals surface area contributed by atoms with Crippen molar-refractivity contribution < 1.29 is 13.7 Å². The monoisotopic (exact) mass is 297 g/mol. The van der Waals surface area contributed by atoms with Gasteiger partial charge in [0.15, 0.2) is 0 Å². The van der Waals surface area contributed by atoms with E-state index in [0.717, 1.165) is 0 Å². The Morgan fingerprint density at radius 3 is 2.77 bits per heavy atom. The number of halogens is 1. The average Bonchev–Trinajstić information content (AvgIpc) is 2.97. The number of aromatic nitrogens is 2. The molecular formula is C16H12FN3O2.